The van der Waals surface area contributed by atoms with E-state index in [1.807, 2.05) is 45.0 Å². The van der Waals surface area contributed by atoms with Crippen LogP contribution in [0.5, 0.6) is 23.0 Å². The molecular weight excluding hydrogens is 412 g/mol. The normalized spacial score (nSPS) is 10.5. The topological polar surface area (TPSA) is 108 Å². The molecule has 3 aromatic rings. The second-order valence-corrected chi connectivity index (χ2v) is 6.62. The van der Waals surface area contributed by atoms with Gasteiger partial charge in [-0.1, -0.05) is 0 Å². The summed E-state index contributed by atoms with van der Waals surface area (Å²) in [7, 11) is 1.61. The Bertz CT molecular complexity index is 1010. The fourth-order valence-electron chi connectivity index (χ4n) is 3.03. The van der Waals surface area contributed by atoms with Crippen LogP contribution in [0.4, 0.5) is 0 Å². The Morgan fingerprint density at radius 2 is 1.59 bits per heavy atom. The standard InChI is InChI=1S/C23H28N4O5/c1-5-30-18-12-16(13-19(31-6-2)21(18)32-7-3)23(28)24-14-20-25-22(27-26-20)15-8-10-17(29-4)11-9-15/h8-13H,5-7,14H2,1-4H3,(H,24,28)(H,25,26,27). The number of hydrogen-bond donors (Lipinski definition) is 2. The lowest BCUT2D eigenvalue weighted by atomic mass is 10.1. The summed E-state index contributed by atoms with van der Waals surface area (Å²) in [6.07, 6.45) is 0. The summed E-state index contributed by atoms with van der Waals surface area (Å²) in [5, 5.41) is 9.91. The Hall–Kier alpha value is -3.75. The smallest absolute Gasteiger partial charge is 0.251 e. The molecule has 0 bridgehead atoms. The van der Waals surface area contributed by atoms with Gasteiger partial charge in [0.2, 0.25) is 5.75 Å². The summed E-state index contributed by atoms with van der Waals surface area (Å²) in [6.45, 7) is 7.12. The first kappa shape index (κ1) is 22.9. The highest BCUT2D eigenvalue weighted by atomic mass is 16.5. The number of aromatic nitrogens is 3. The van der Waals surface area contributed by atoms with Gasteiger partial charge in [-0.3, -0.25) is 9.89 Å². The monoisotopic (exact) mass is 440 g/mol. The van der Waals surface area contributed by atoms with E-state index in [1.54, 1.807) is 19.2 Å². The quantitative estimate of drug-likeness (QED) is 0.469. The van der Waals surface area contributed by atoms with Crippen LogP contribution in [0.2, 0.25) is 0 Å². The van der Waals surface area contributed by atoms with Crippen LogP contribution in [-0.4, -0.2) is 48.0 Å². The van der Waals surface area contributed by atoms with Crippen molar-refractivity contribution in [2.45, 2.75) is 27.3 Å². The Kier molecular flexibility index (Phi) is 7.91. The number of benzene rings is 2. The Morgan fingerprint density at radius 1 is 0.969 bits per heavy atom. The number of rotatable bonds is 11. The van der Waals surface area contributed by atoms with Gasteiger partial charge in [-0.15, -0.1) is 0 Å². The predicted octanol–water partition coefficient (Wildman–Crippen LogP) is 3.61. The van der Waals surface area contributed by atoms with E-state index < -0.39 is 0 Å². The molecule has 0 saturated heterocycles. The summed E-state index contributed by atoms with van der Waals surface area (Å²) in [6, 6.07) is 10.7. The van der Waals surface area contributed by atoms with Crippen molar-refractivity contribution in [3.05, 3.63) is 47.8 Å². The largest absolute Gasteiger partial charge is 0.497 e. The van der Waals surface area contributed by atoms with Crippen LogP contribution < -0.4 is 24.3 Å². The van der Waals surface area contributed by atoms with Gasteiger partial charge in [-0.2, -0.15) is 5.10 Å². The van der Waals surface area contributed by atoms with Crippen molar-refractivity contribution < 1.29 is 23.7 Å². The number of H-pyrrole nitrogens is 1. The number of carbonyl (C=O) groups is 1. The molecule has 1 heterocycles. The summed E-state index contributed by atoms with van der Waals surface area (Å²) < 4.78 is 22.2. The maximum absolute atomic E-state index is 12.8. The Balaban J connectivity index is 1.73. The Morgan fingerprint density at radius 3 is 2.16 bits per heavy atom. The first-order valence-corrected chi connectivity index (χ1v) is 10.5. The predicted molar refractivity (Wildman–Crippen MR) is 119 cm³/mol. The van der Waals surface area contributed by atoms with Crippen molar-refractivity contribution in [2.24, 2.45) is 0 Å². The molecular formula is C23H28N4O5. The lowest BCUT2D eigenvalue weighted by molar-refractivity contribution is 0.0948. The molecule has 1 amide bonds. The van der Waals surface area contributed by atoms with E-state index >= 15 is 0 Å². The van der Waals surface area contributed by atoms with Crippen LogP contribution in [-0.2, 0) is 6.54 Å². The van der Waals surface area contributed by atoms with Gasteiger partial charge in [0.15, 0.2) is 17.3 Å². The number of aromatic amines is 1. The van der Waals surface area contributed by atoms with E-state index in [2.05, 4.69) is 20.5 Å². The molecule has 0 unspecified atom stereocenters. The first-order valence-electron chi connectivity index (χ1n) is 10.5. The molecule has 3 rings (SSSR count). The average Bonchev–Trinajstić information content (AvgIpc) is 3.29. The molecule has 2 N–H and O–H groups in total. The summed E-state index contributed by atoms with van der Waals surface area (Å²) in [4.78, 5) is 17.3. The van der Waals surface area contributed by atoms with E-state index in [-0.39, 0.29) is 12.5 Å². The highest BCUT2D eigenvalue weighted by Crippen LogP contribution is 2.39. The molecule has 32 heavy (non-hydrogen) atoms. The van der Waals surface area contributed by atoms with Crippen molar-refractivity contribution in [3.8, 4) is 34.4 Å². The maximum atomic E-state index is 12.8. The van der Waals surface area contributed by atoms with Gasteiger partial charge in [-0.25, -0.2) is 4.98 Å². The average molecular weight is 441 g/mol. The molecule has 0 fully saturated rings. The lowest BCUT2D eigenvalue weighted by Gasteiger charge is -2.17. The minimum absolute atomic E-state index is 0.184. The molecule has 0 aliphatic heterocycles. The SMILES string of the molecule is CCOc1cc(C(=O)NCc2nc(-c3ccc(OC)cc3)n[nH]2)cc(OCC)c1OCC. The van der Waals surface area contributed by atoms with Crippen molar-refractivity contribution in [3.63, 3.8) is 0 Å². The van der Waals surface area contributed by atoms with E-state index in [0.29, 0.717) is 54.3 Å². The van der Waals surface area contributed by atoms with Gasteiger partial charge in [0, 0.05) is 11.1 Å². The molecule has 0 atom stereocenters. The van der Waals surface area contributed by atoms with Crippen LogP contribution in [0, 0.1) is 0 Å². The molecule has 0 spiro atoms. The summed E-state index contributed by atoms with van der Waals surface area (Å²) in [5.74, 6) is 2.95. The molecule has 0 saturated carbocycles. The third-order valence-corrected chi connectivity index (χ3v) is 4.47. The van der Waals surface area contributed by atoms with Crippen LogP contribution in [0.15, 0.2) is 36.4 Å². The number of amides is 1. The molecule has 9 nitrogen and oxygen atoms in total. The van der Waals surface area contributed by atoms with E-state index in [1.165, 1.54) is 0 Å². The number of methoxy groups -OCH3 is 1. The number of hydrogen-bond acceptors (Lipinski definition) is 7. The molecule has 2 aromatic carbocycles. The van der Waals surface area contributed by atoms with Crippen molar-refractivity contribution in [2.75, 3.05) is 26.9 Å². The Labute approximate surface area is 187 Å². The van der Waals surface area contributed by atoms with E-state index in [9.17, 15) is 4.79 Å². The zero-order chi connectivity index (χ0) is 22.9. The summed E-state index contributed by atoms with van der Waals surface area (Å²) >= 11 is 0. The minimum Gasteiger partial charge on any atom is -0.497 e. The van der Waals surface area contributed by atoms with E-state index in [4.69, 9.17) is 18.9 Å². The number of nitrogens with zero attached hydrogens (tertiary/aromatic N) is 2. The second-order valence-electron chi connectivity index (χ2n) is 6.62. The van der Waals surface area contributed by atoms with Crippen LogP contribution in [0.25, 0.3) is 11.4 Å². The van der Waals surface area contributed by atoms with Crippen LogP contribution in [0.1, 0.15) is 37.0 Å². The van der Waals surface area contributed by atoms with Crippen molar-refractivity contribution in [1.29, 1.82) is 0 Å². The van der Waals surface area contributed by atoms with Gasteiger partial charge in [0.25, 0.3) is 5.91 Å². The molecule has 0 aliphatic carbocycles. The lowest BCUT2D eigenvalue weighted by Crippen LogP contribution is -2.23. The number of ether oxygens (including phenoxy) is 4. The zero-order valence-electron chi connectivity index (χ0n) is 18.7. The minimum atomic E-state index is -0.294. The van der Waals surface area contributed by atoms with Crippen LogP contribution >= 0.6 is 0 Å². The first-order chi connectivity index (χ1) is 15.6. The number of carbonyl (C=O) groups excluding carboxylic acids is 1. The third kappa shape index (κ3) is 5.48. The molecule has 0 radical (unpaired) electrons. The zero-order valence-corrected chi connectivity index (χ0v) is 18.7. The maximum Gasteiger partial charge on any atom is 0.251 e. The third-order valence-electron chi connectivity index (χ3n) is 4.47. The van der Waals surface area contributed by atoms with Crippen molar-refractivity contribution >= 4 is 5.91 Å². The van der Waals surface area contributed by atoms with Gasteiger partial charge in [-0.05, 0) is 57.2 Å². The fourth-order valence-corrected chi connectivity index (χ4v) is 3.03. The van der Waals surface area contributed by atoms with E-state index in [0.717, 1.165) is 11.3 Å². The van der Waals surface area contributed by atoms with Gasteiger partial charge in [0.1, 0.15) is 11.6 Å². The highest BCUT2D eigenvalue weighted by molar-refractivity contribution is 5.95. The van der Waals surface area contributed by atoms with Gasteiger partial charge in [0.05, 0.1) is 33.5 Å². The summed E-state index contributed by atoms with van der Waals surface area (Å²) in [5.41, 5.74) is 1.24. The van der Waals surface area contributed by atoms with Crippen molar-refractivity contribution in [1.82, 2.24) is 20.5 Å². The molecule has 9 heteroatoms. The number of nitrogens with one attached hydrogen (secondary N) is 2. The van der Waals surface area contributed by atoms with Gasteiger partial charge < -0.3 is 24.3 Å². The molecule has 170 valence electrons. The molecule has 0 aliphatic rings. The van der Waals surface area contributed by atoms with Gasteiger partial charge >= 0.3 is 0 Å². The highest BCUT2D eigenvalue weighted by Gasteiger charge is 2.18. The fraction of sp³-hybridized carbons (Fsp3) is 0.348. The second kappa shape index (κ2) is 11.0. The van der Waals surface area contributed by atoms with Crippen LogP contribution in [0.3, 0.4) is 0 Å². The molecule has 1 aromatic heterocycles.